The first kappa shape index (κ1) is 10.9. The maximum atomic E-state index is 11.1. The van der Waals surface area contributed by atoms with Gasteiger partial charge in [-0.15, -0.1) is 0 Å². The fourth-order valence-electron chi connectivity index (χ4n) is 1.36. The summed E-state index contributed by atoms with van der Waals surface area (Å²) >= 11 is 0. The van der Waals surface area contributed by atoms with Gasteiger partial charge in [-0.1, -0.05) is 18.2 Å². The molecule has 0 aliphatic carbocycles. The molecule has 2 aromatic rings. The summed E-state index contributed by atoms with van der Waals surface area (Å²) in [7, 11) is -3.07. The lowest BCUT2D eigenvalue weighted by Crippen LogP contribution is -2.00. The van der Waals surface area contributed by atoms with Crippen LogP contribution in [-0.2, 0) is 15.6 Å². The van der Waals surface area contributed by atoms with Crippen LogP contribution in [0.25, 0.3) is 11.5 Å². The maximum absolute atomic E-state index is 11.1. The number of sulfone groups is 1. The van der Waals surface area contributed by atoms with Crippen LogP contribution in [0.1, 0.15) is 5.69 Å². The molecule has 0 aliphatic rings. The molecule has 0 amide bonds. The van der Waals surface area contributed by atoms with Crippen molar-refractivity contribution in [3.63, 3.8) is 0 Å². The third-order valence-corrected chi connectivity index (χ3v) is 2.80. The fraction of sp³-hybridized carbons (Fsp3) is 0.182. The molecule has 0 radical (unpaired) electrons. The number of benzene rings is 1. The molecule has 0 fully saturated rings. The second-order valence-electron chi connectivity index (χ2n) is 3.58. The molecule has 2 rings (SSSR count). The maximum Gasteiger partial charge on any atom is 0.226 e. The predicted molar refractivity (Wildman–Crippen MR) is 60.5 cm³/mol. The van der Waals surface area contributed by atoms with E-state index < -0.39 is 9.84 Å². The second-order valence-corrected chi connectivity index (χ2v) is 5.72. The minimum absolute atomic E-state index is 0.0939. The van der Waals surface area contributed by atoms with Crippen molar-refractivity contribution >= 4 is 9.84 Å². The first-order chi connectivity index (χ1) is 7.54. The minimum atomic E-state index is -3.07. The topological polar surface area (TPSA) is 60.2 Å². The number of nitrogens with zero attached hydrogens (tertiary/aromatic N) is 1. The fourth-order valence-corrected chi connectivity index (χ4v) is 2.03. The summed E-state index contributed by atoms with van der Waals surface area (Å²) in [5, 5.41) is 0. The van der Waals surface area contributed by atoms with Gasteiger partial charge in [0.2, 0.25) is 5.89 Å². The van der Waals surface area contributed by atoms with Crippen LogP contribution < -0.4 is 0 Å². The Kier molecular flexibility index (Phi) is 2.78. The molecule has 0 N–H and O–H groups in total. The lowest BCUT2D eigenvalue weighted by Gasteiger charge is -1.92. The van der Waals surface area contributed by atoms with Crippen molar-refractivity contribution in [1.29, 1.82) is 0 Å². The normalized spacial score (nSPS) is 11.6. The van der Waals surface area contributed by atoms with E-state index in [0.29, 0.717) is 11.6 Å². The van der Waals surface area contributed by atoms with Crippen molar-refractivity contribution in [3.8, 4) is 11.5 Å². The molecule has 0 atom stereocenters. The predicted octanol–water partition coefficient (Wildman–Crippen LogP) is 1.89. The molecule has 84 valence electrons. The van der Waals surface area contributed by atoms with Gasteiger partial charge in [0.1, 0.15) is 6.26 Å². The standard InChI is InChI=1S/C11H11NO3S/c1-16(13,14)8-10-7-15-11(12-10)9-5-3-2-4-6-9/h2-7H,8H2,1H3. The van der Waals surface area contributed by atoms with Gasteiger partial charge in [-0.25, -0.2) is 13.4 Å². The van der Waals surface area contributed by atoms with E-state index in [0.717, 1.165) is 5.56 Å². The highest BCUT2D eigenvalue weighted by molar-refractivity contribution is 7.89. The van der Waals surface area contributed by atoms with Crippen LogP contribution in [0, 0.1) is 0 Å². The van der Waals surface area contributed by atoms with E-state index in [9.17, 15) is 8.42 Å². The van der Waals surface area contributed by atoms with Crippen LogP contribution in [0.5, 0.6) is 0 Å². The highest BCUT2D eigenvalue weighted by Gasteiger charge is 2.10. The van der Waals surface area contributed by atoms with Crippen LogP contribution in [0.15, 0.2) is 41.0 Å². The Balaban J connectivity index is 2.27. The number of aromatic nitrogens is 1. The zero-order valence-corrected chi connectivity index (χ0v) is 9.57. The van der Waals surface area contributed by atoms with E-state index in [-0.39, 0.29) is 5.75 Å². The van der Waals surface area contributed by atoms with Crippen molar-refractivity contribution in [2.24, 2.45) is 0 Å². The molecule has 0 spiro atoms. The van der Waals surface area contributed by atoms with Crippen molar-refractivity contribution in [3.05, 3.63) is 42.3 Å². The lowest BCUT2D eigenvalue weighted by atomic mass is 10.2. The molecular formula is C11H11NO3S. The van der Waals surface area contributed by atoms with Gasteiger partial charge >= 0.3 is 0 Å². The van der Waals surface area contributed by atoms with Crippen molar-refractivity contribution in [2.75, 3.05) is 6.26 Å². The summed E-state index contributed by atoms with van der Waals surface area (Å²) in [5.74, 6) is 0.350. The van der Waals surface area contributed by atoms with Crippen molar-refractivity contribution in [1.82, 2.24) is 4.98 Å². The SMILES string of the molecule is CS(=O)(=O)Cc1coc(-c2ccccc2)n1. The third kappa shape index (κ3) is 2.70. The summed E-state index contributed by atoms with van der Waals surface area (Å²) in [5.41, 5.74) is 1.27. The zero-order valence-electron chi connectivity index (χ0n) is 8.75. The Bertz CT molecular complexity index is 572. The first-order valence-corrected chi connectivity index (χ1v) is 6.78. The molecule has 0 saturated carbocycles. The minimum Gasteiger partial charge on any atom is -0.444 e. The van der Waals surface area contributed by atoms with E-state index in [1.807, 2.05) is 30.3 Å². The number of hydrogen-bond donors (Lipinski definition) is 0. The summed E-state index contributed by atoms with van der Waals surface area (Å²) < 4.78 is 27.4. The third-order valence-electron chi connectivity index (χ3n) is 1.98. The van der Waals surface area contributed by atoms with E-state index in [1.165, 1.54) is 12.5 Å². The molecule has 4 nitrogen and oxygen atoms in total. The van der Waals surface area contributed by atoms with Gasteiger partial charge in [0.25, 0.3) is 0 Å². The molecule has 1 heterocycles. The average Bonchev–Trinajstić information content (AvgIpc) is 2.65. The molecule has 5 heteroatoms. The largest absolute Gasteiger partial charge is 0.444 e. The van der Waals surface area contributed by atoms with Gasteiger partial charge in [-0.3, -0.25) is 0 Å². The Morgan fingerprint density at radius 3 is 2.56 bits per heavy atom. The molecular weight excluding hydrogens is 226 g/mol. The van der Waals surface area contributed by atoms with Crippen LogP contribution >= 0.6 is 0 Å². The van der Waals surface area contributed by atoms with Crippen LogP contribution in [0.3, 0.4) is 0 Å². The van der Waals surface area contributed by atoms with Crippen molar-refractivity contribution in [2.45, 2.75) is 5.75 Å². The summed E-state index contributed by atoms with van der Waals surface area (Å²) in [6, 6.07) is 9.35. The number of oxazole rings is 1. The summed E-state index contributed by atoms with van der Waals surface area (Å²) in [6.07, 6.45) is 2.55. The van der Waals surface area contributed by atoms with Gasteiger partial charge in [0.05, 0.1) is 11.4 Å². The van der Waals surface area contributed by atoms with E-state index in [4.69, 9.17) is 4.42 Å². The van der Waals surface area contributed by atoms with Crippen molar-refractivity contribution < 1.29 is 12.8 Å². The highest BCUT2D eigenvalue weighted by atomic mass is 32.2. The smallest absolute Gasteiger partial charge is 0.226 e. The molecule has 1 aromatic heterocycles. The average molecular weight is 237 g/mol. The first-order valence-electron chi connectivity index (χ1n) is 4.72. The van der Waals surface area contributed by atoms with E-state index in [1.54, 1.807) is 0 Å². The molecule has 0 bridgehead atoms. The molecule has 0 aliphatic heterocycles. The molecule has 1 aromatic carbocycles. The Morgan fingerprint density at radius 2 is 1.94 bits per heavy atom. The molecule has 16 heavy (non-hydrogen) atoms. The van der Waals surface area contributed by atoms with Gasteiger partial charge in [-0.2, -0.15) is 0 Å². The molecule has 0 unspecified atom stereocenters. The van der Waals surface area contributed by atoms with Crippen LogP contribution in [0.4, 0.5) is 0 Å². The number of rotatable bonds is 3. The molecule has 0 saturated heterocycles. The quantitative estimate of drug-likeness (QED) is 0.817. The van der Waals surface area contributed by atoms with Gasteiger partial charge < -0.3 is 4.42 Å². The zero-order chi connectivity index (χ0) is 11.6. The van der Waals surface area contributed by atoms with E-state index >= 15 is 0 Å². The Hall–Kier alpha value is -1.62. The van der Waals surface area contributed by atoms with Gasteiger partial charge in [0.15, 0.2) is 9.84 Å². The number of hydrogen-bond acceptors (Lipinski definition) is 4. The monoisotopic (exact) mass is 237 g/mol. The Labute approximate surface area is 93.9 Å². The van der Waals surface area contributed by atoms with E-state index in [2.05, 4.69) is 4.98 Å². The summed E-state index contributed by atoms with van der Waals surface area (Å²) in [4.78, 5) is 4.12. The second kappa shape index (κ2) is 4.09. The lowest BCUT2D eigenvalue weighted by molar-refractivity contribution is 0.572. The summed E-state index contributed by atoms with van der Waals surface area (Å²) in [6.45, 7) is 0. The highest BCUT2D eigenvalue weighted by Crippen LogP contribution is 2.18. The van der Waals surface area contributed by atoms with Gasteiger partial charge in [-0.05, 0) is 12.1 Å². The van der Waals surface area contributed by atoms with Crippen LogP contribution in [-0.4, -0.2) is 19.7 Å². The van der Waals surface area contributed by atoms with Crippen LogP contribution in [0.2, 0.25) is 0 Å². The Morgan fingerprint density at radius 1 is 1.25 bits per heavy atom. The van der Waals surface area contributed by atoms with Gasteiger partial charge in [0, 0.05) is 11.8 Å².